The molecule has 1 aliphatic rings. The molecule has 0 radical (unpaired) electrons. The summed E-state index contributed by atoms with van der Waals surface area (Å²) in [6, 6.07) is 34.5. The molecule has 6 rings (SSSR count). The highest BCUT2D eigenvalue weighted by atomic mass is 79.9. The van der Waals surface area contributed by atoms with Gasteiger partial charge in [-0.3, -0.25) is 4.79 Å². The fourth-order valence-electron chi connectivity index (χ4n) is 4.94. The van der Waals surface area contributed by atoms with Gasteiger partial charge in [-0.05, 0) is 96.4 Å². The smallest absolute Gasteiger partial charge is 0.264 e. The van der Waals surface area contributed by atoms with E-state index in [9.17, 15) is 4.79 Å². The Bertz CT molecular complexity index is 1800. The lowest BCUT2D eigenvalue weighted by atomic mass is 10.1. The van der Waals surface area contributed by atoms with Crippen LogP contribution in [-0.2, 0) is 4.79 Å². The van der Waals surface area contributed by atoms with Crippen LogP contribution in [0.4, 0.5) is 5.69 Å². The summed E-state index contributed by atoms with van der Waals surface area (Å²) in [6.07, 6.45) is 1.96. The second kappa shape index (κ2) is 11.6. The summed E-state index contributed by atoms with van der Waals surface area (Å²) >= 11 is 11.2. The minimum Gasteiger partial charge on any atom is -0.309 e. The number of aliphatic imine (C=N–C) groups is 1. The zero-order valence-corrected chi connectivity index (χ0v) is 25.5. The number of hydrogen-bond donors (Lipinski definition) is 1. The molecule has 202 valence electrons. The molecule has 1 N–H and O–H groups in total. The van der Waals surface area contributed by atoms with Crippen LogP contribution in [0.15, 0.2) is 117 Å². The molecule has 0 spiro atoms. The Morgan fingerprint density at radius 2 is 1.46 bits per heavy atom. The number of thioether (sulfide) groups is 1. The van der Waals surface area contributed by atoms with E-state index in [-0.39, 0.29) is 5.91 Å². The topological polar surface area (TPSA) is 46.4 Å². The van der Waals surface area contributed by atoms with E-state index in [1.165, 1.54) is 11.8 Å². The Morgan fingerprint density at radius 1 is 0.854 bits per heavy atom. The number of amidine groups is 1. The lowest BCUT2D eigenvalue weighted by Gasteiger charge is -2.15. The summed E-state index contributed by atoms with van der Waals surface area (Å²) in [5.74, 6) is -0.168. The van der Waals surface area contributed by atoms with Crippen molar-refractivity contribution in [3.63, 3.8) is 0 Å². The number of rotatable bonds is 5. The van der Waals surface area contributed by atoms with Crippen molar-refractivity contribution in [2.24, 2.45) is 4.99 Å². The van der Waals surface area contributed by atoms with Gasteiger partial charge in [0.1, 0.15) is 0 Å². The Kier molecular flexibility index (Phi) is 7.71. The fourth-order valence-corrected chi connectivity index (χ4v) is 6.13. The molecular weight excluding hydrogens is 614 g/mol. The van der Waals surface area contributed by atoms with Gasteiger partial charge in [0.05, 0.1) is 22.0 Å². The summed E-state index contributed by atoms with van der Waals surface area (Å²) < 4.78 is 3.30. The number of aromatic nitrogens is 1. The molecule has 0 unspecified atom stereocenters. The van der Waals surface area contributed by atoms with Gasteiger partial charge >= 0.3 is 0 Å². The molecule has 1 amide bonds. The van der Waals surface area contributed by atoms with Crippen molar-refractivity contribution in [3.8, 4) is 28.2 Å². The molecule has 1 aromatic heterocycles. The summed E-state index contributed by atoms with van der Waals surface area (Å²) in [4.78, 5) is 18.5. The monoisotopic (exact) mass is 637 g/mol. The Hall–Kier alpha value is -3.84. The molecule has 2 heterocycles. The van der Waals surface area contributed by atoms with Gasteiger partial charge in [0.25, 0.3) is 5.91 Å². The summed E-state index contributed by atoms with van der Waals surface area (Å²) in [6.45, 7) is 4.07. The first-order valence-electron chi connectivity index (χ1n) is 13.1. The van der Waals surface area contributed by atoms with Crippen molar-refractivity contribution in [1.82, 2.24) is 9.88 Å². The second-order valence-electron chi connectivity index (χ2n) is 9.75. The maximum Gasteiger partial charge on any atom is 0.264 e. The molecule has 0 atom stereocenters. The van der Waals surface area contributed by atoms with Crippen LogP contribution < -0.4 is 5.32 Å². The summed E-state index contributed by atoms with van der Waals surface area (Å²) in [7, 11) is 0. The van der Waals surface area contributed by atoms with E-state index in [1.807, 2.05) is 92.7 Å². The number of amides is 1. The third-order valence-corrected chi connectivity index (χ3v) is 9.23. The van der Waals surface area contributed by atoms with E-state index < -0.39 is 0 Å². The van der Waals surface area contributed by atoms with Crippen molar-refractivity contribution >= 4 is 62.1 Å². The lowest BCUT2D eigenvalue weighted by Crippen LogP contribution is -2.19. The molecule has 5 aromatic rings. The molecule has 1 saturated heterocycles. The molecule has 0 bridgehead atoms. The average Bonchev–Trinajstić information content (AvgIpc) is 3.52. The molecule has 4 aromatic carbocycles. The van der Waals surface area contributed by atoms with Gasteiger partial charge in [0.2, 0.25) is 0 Å². The van der Waals surface area contributed by atoms with Crippen LogP contribution in [0.25, 0.3) is 34.3 Å². The number of benzene rings is 4. The van der Waals surface area contributed by atoms with Crippen molar-refractivity contribution in [3.05, 3.63) is 134 Å². The van der Waals surface area contributed by atoms with Gasteiger partial charge in [-0.25, -0.2) is 4.99 Å². The molecule has 0 saturated carbocycles. The van der Waals surface area contributed by atoms with E-state index in [2.05, 4.69) is 56.1 Å². The van der Waals surface area contributed by atoms with Gasteiger partial charge in [-0.1, -0.05) is 88.2 Å². The standard InChI is InChI=1S/C34H25BrClN3OS/c1-21-17-27(18-22(2)31(21)35)37-34-38-33(40)30(41-34)20-25-19-29(23-9-5-3-6-10-23)39(28-15-13-26(36)14-16-28)32(25)24-11-7-4-8-12-24/h3-20H,1-2H3,(H,37,38,40)/b30-20+. The molecule has 41 heavy (non-hydrogen) atoms. The first-order chi connectivity index (χ1) is 19.9. The van der Waals surface area contributed by atoms with Gasteiger partial charge in [0.15, 0.2) is 5.17 Å². The van der Waals surface area contributed by atoms with Crippen LogP contribution in [0.1, 0.15) is 16.7 Å². The predicted octanol–water partition coefficient (Wildman–Crippen LogP) is 9.74. The third-order valence-electron chi connectivity index (χ3n) is 6.82. The highest BCUT2D eigenvalue weighted by Crippen LogP contribution is 2.39. The molecule has 1 aliphatic heterocycles. The van der Waals surface area contributed by atoms with E-state index in [1.54, 1.807) is 0 Å². The molecule has 7 heteroatoms. The Labute approximate surface area is 256 Å². The number of halogens is 2. The second-order valence-corrected chi connectivity index (χ2v) is 12.0. The van der Waals surface area contributed by atoms with Gasteiger partial charge < -0.3 is 9.88 Å². The highest BCUT2D eigenvalue weighted by molar-refractivity contribution is 9.10. The van der Waals surface area contributed by atoms with Crippen LogP contribution in [0.5, 0.6) is 0 Å². The summed E-state index contributed by atoms with van der Waals surface area (Å²) in [5, 5.41) is 4.18. The van der Waals surface area contributed by atoms with Crippen LogP contribution in [0, 0.1) is 13.8 Å². The van der Waals surface area contributed by atoms with Crippen molar-refractivity contribution in [2.75, 3.05) is 0 Å². The third kappa shape index (κ3) is 5.68. The van der Waals surface area contributed by atoms with Gasteiger partial charge in [-0.15, -0.1) is 0 Å². The normalized spacial score (nSPS) is 15.1. The Balaban J connectivity index is 1.50. The largest absolute Gasteiger partial charge is 0.309 e. The first kappa shape index (κ1) is 27.3. The minimum atomic E-state index is -0.168. The predicted molar refractivity (Wildman–Crippen MR) is 176 cm³/mol. The van der Waals surface area contributed by atoms with E-state index >= 15 is 0 Å². The van der Waals surface area contributed by atoms with E-state index in [0.29, 0.717) is 15.1 Å². The van der Waals surface area contributed by atoms with Crippen LogP contribution >= 0.6 is 39.3 Å². The zero-order valence-electron chi connectivity index (χ0n) is 22.4. The molecule has 0 aliphatic carbocycles. The minimum absolute atomic E-state index is 0.168. The van der Waals surface area contributed by atoms with Crippen LogP contribution in [-0.4, -0.2) is 15.6 Å². The number of carbonyl (C=O) groups is 1. The maximum atomic E-state index is 13.2. The number of nitrogens with zero attached hydrogens (tertiary/aromatic N) is 2. The number of carbonyl (C=O) groups excluding carboxylic acids is 1. The van der Waals surface area contributed by atoms with Crippen molar-refractivity contribution in [1.29, 1.82) is 0 Å². The molecule has 1 fully saturated rings. The molecular formula is C34H25BrClN3OS. The average molecular weight is 639 g/mol. The maximum absolute atomic E-state index is 13.2. The number of nitrogens with one attached hydrogen (secondary N) is 1. The Morgan fingerprint density at radius 3 is 2.10 bits per heavy atom. The lowest BCUT2D eigenvalue weighted by molar-refractivity contribution is -0.115. The SMILES string of the molecule is Cc1cc(N=C2NC(=O)/C(=C\c3cc(-c4ccccc4)n(-c4ccc(Cl)cc4)c3-c3ccccc3)S2)cc(C)c1Br. The molecule has 4 nitrogen and oxygen atoms in total. The zero-order chi connectivity index (χ0) is 28.5. The van der Waals surface area contributed by atoms with E-state index in [4.69, 9.17) is 16.6 Å². The summed E-state index contributed by atoms with van der Waals surface area (Å²) in [5.41, 5.74) is 9.00. The van der Waals surface area contributed by atoms with Gasteiger partial charge in [0, 0.05) is 20.7 Å². The quantitative estimate of drug-likeness (QED) is 0.195. The van der Waals surface area contributed by atoms with Crippen LogP contribution in [0.2, 0.25) is 5.02 Å². The first-order valence-corrected chi connectivity index (χ1v) is 15.0. The van der Waals surface area contributed by atoms with Gasteiger partial charge in [-0.2, -0.15) is 0 Å². The number of aryl methyl sites for hydroxylation is 2. The van der Waals surface area contributed by atoms with E-state index in [0.717, 1.165) is 55.1 Å². The van der Waals surface area contributed by atoms with Crippen LogP contribution in [0.3, 0.4) is 0 Å². The highest BCUT2D eigenvalue weighted by Gasteiger charge is 2.26. The fraction of sp³-hybridized carbons (Fsp3) is 0.0588. The van der Waals surface area contributed by atoms with Crippen molar-refractivity contribution < 1.29 is 4.79 Å². The number of hydrogen-bond acceptors (Lipinski definition) is 3. The van der Waals surface area contributed by atoms with Crippen molar-refractivity contribution in [2.45, 2.75) is 13.8 Å².